The van der Waals surface area contributed by atoms with Crippen molar-refractivity contribution in [2.45, 2.75) is 26.2 Å². The van der Waals surface area contributed by atoms with Crippen molar-refractivity contribution in [1.82, 2.24) is 4.98 Å². The fraction of sp³-hybridized carbons (Fsp3) is 0.154. The van der Waals surface area contributed by atoms with E-state index in [1.807, 2.05) is 6.07 Å². The van der Waals surface area contributed by atoms with Crippen molar-refractivity contribution >= 4 is 10.9 Å². The van der Waals surface area contributed by atoms with Gasteiger partial charge in [-0.15, -0.1) is 0 Å². The summed E-state index contributed by atoms with van der Waals surface area (Å²) in [6.45, 7) is 6.68. The maximum Gasteiger partial charge on any atom is 0.0624 e. The van der Waals surface area contributed by atoms with E-state index < -0.39 is 0 Å². The van der Waals surface area contributed by atoms with E-state index >= 15 is 0 Å². The second-order valence-corrected chi connectivity index (χ2v) is 7.86. The van der Waals surface area contributed by atoms with Crippen LogP contribution in [0.25, 0.3) is 22.2 Å². The van der Waals surface area contributed by atoms with E-state index in [-0.39, 0.29) is 5.41 Å². The predicted octanol–water partition coefficient (Wildman–Crippen LogP) is 6.53. The molecule has 0 amide bonds. The molecule has 1 aromatic heterocycles. The molecule has 0 aliphatic rings. The fourth-order valence-electron chi connectivity index (χ4n) is 3.28. The maximum absolute atomic E-state index is 3.54. The summed E-state index contributed by atoms with van der Waals surface area (Å²) in [5, 5.41) is 1.16. The molecule has 1 heteroatoms. The number of para-hydroxylation sites is 1. The van der Waals surface area contributed by atoms with E-state index in [4.69, 9.17) is 0 Å². The summed E-state index contributed by atoms with van der Waals surface area (Å²) in [4.78, 5) is 3.54. The van der Waals surface area contributed by atoms with Crippen LogP contribution >= 0.6 is 0 Å². The molecule has 1 nitrogen and oxygen atoms in total. The minimum absolute atomic E-state index is 0.156. The van der Waals surface area contributed by atoms with Gasteiger partial charge >= 0.3 is 0 Å². The van der Waals surface area contributed by atoms with E-state index in [0.29, 0.717) is 0 Å². The van der Waals surface area contributed by atoms with E-state index in [2.05, 4.69) is 110 Å². The molecule has 0 saturated carbocycles. The molecule has 0 bridgehead atoms. The second-order valence-electron chi connectivity index (χ2n) is 7.86. The lowest BCUT2D eigenvalue weighted by molar-refractivity contribution is 0.590. The minimum Gasteiger partial charge on any atom is -0.353 e. The van der Waals surface area contributed by atoms with Gasteiger partial charge in [-0.3, -0.25) is 0 Å². The van der Waals surface area contributed by atoms with Crippen molar-refractivity contribution in [1.29, 1.82) is 0 Å². The SMILES string of the molecule is CC(C)(C)c1ccc(C#Cc2c(-c3ccccc3)[nH]c3ccccc23)cc1. The molecule has 0 atom stereocenters. The Morgan fingerprint density at radius 3 is 2.07 bits per heavy atom. The third-order valence-corrected chi connectivity index (χ3v) is 4.85. The van der Waals surface area contributed by atoms with Crippen molar-refractivity contribution in [3.8, 4) is 23.1 Å². The molecule has 0 aliphatic heterocycles. The average molecular weight is 349 g/mol. The van der Waals surface area contributed by atoms with Gasteiger partial charge < -0.3 is 4.98 Å². The van der Waals surface area contributed by atoms with Gasteiger partial charge in [0.1, 0.15) is 0 Å². The Hall–Kier alpha value is -3.24. The molecule has 0 radical (unpaired) electrons. The highest BCUT2D eigenvalue weighted by atomic mass is 14.7. The number of hydrogen-bond acceptors (Lipinski definition) is 0. The zero-order valence-corrected chi connectivity index (χ0v) is 16.0. The second kappa shape index (κ2) is 6.82. The predicted molar refractivity (Wildman–Crippen MR) is 115 cm³/mol. The van der Waals surface area contributed by atoms with Crippen molar-refractivity contribution in [3.05, 3.63) is 95.6 Å². The summed E-state index contributed by atoms with van der Waals surface area (Å²) in [5.41, 5.74) is 6.91. The first-order valence-electron chi connectivity index (χ1n) is 9.31. The average Bonchev–Trinajstić information content (AvgIpc) is 3.05. The quantitative estimate of drug-likeness (QED) is 0.376. The number of nitrogens with one attached hydrogen (secondary N) is 1. The molecular weight excluding hydrogens is 326 g/mol. The molecule has 27 heavy (non-hydrogen) atoms. The van der Waals surface area contributed by atoms with Gasteiger partial charge in [-0.05, 0) is 34.7 Å². The number of benzene rings is 3. The maximum atomic E-state index is 3.54. The van der Waals surface area contributed by atoms with Crippen LogP contribution in [0.15, 0.2) is 78.9 Å². The molecule has 0 spiro atoms. The molecule has 132 valence electrons. The van der Waals surface area contributed by atoms with Gasteiger partial charge in [0.15, 0.2) is 0 Å². The number of aromatic nitrogens is 1. The van der Waals surface area contributed by atoms with Crippen LogP contribution in [0.4, 0.5) is 0 Å². The molecule has 4 rings (SSSR count). The van der Waals surface area contributed by atoms with Crippen LogP contribution < -0.4 is 0 Å². The molecule has 0 saturated heterocycles. The molecule has 1 N–H and O–H groups in total. The van der Waals surface area contributed by atoms with Crippen molar-refractivity contribution in [2.24, 2.45) is 0 Å². The Balaban J connectivity index is 1.80. The lowest BCUT2D eigenvalue weighted by Crippen LogP contribution is -2.10. The van der Waals surface area contributed by atoms with Gasteiger partial charge in [0.05, 0.1) is 11.3 Å². The first-order chi connectivity index (χ1) is 13.0. The Morgan fingerprint density at radius 1 is 0.704 bits per heavy atom. The number of fused-ring (bicyclic) bond motifs is 1. The van der Waals surface area contributed by atoms with E-state index in [1.165, 1.54) is 5.56 Å². The van der Waals surface area contributed by atoms with Crippen molar-refractivity contribution in [3.63, 3.8) is 0 Å². The van der Waals surface area contributed by atoms with Crippen LogP contribution in [-0.4, -0.2) is 4.98 Å². The highest BCUT2D eigenvalue weighted by Gasteiger charge is 2.13. The van der Waals surface area contributed by atoms with Gasteiger partial charge in [-0.1, -0.05) is 93.3 Å². The summed E-state index contributed by atoms with van der Waals surface area (Å²) in [6, 6.07) is 27.3. The van der Waals surface area contributed by atoms with E-state index in [1.54, 1.807) is 0 Å². The number of aromatic amines is 1. The summed E-state index contributed by atoms with van der Waals surface area (Å²) >= 11 is 0. The summed E-state index contributed by atoms with van der Waals surface area (Å²) in [5.74, 6) is 6.79. The third-order valence-electron chi connectivity index (χ3n) is 4.85. The van der Waals surface area contributed by atoms with Crippen LogP contribution in [0.1, 0.15) is 37.5 Å². The van der Waals surface area contributed by atoms with Crippen molar-refractivity contribution in [2.75, 3.05) is 0 Å². The lowest BCUT2D eigenvalue weighted by Gasteiger charge is -2.18. The molecule has 3 aromatic carbocycles. The van der Waals surface area contributed by atoms with Crippen LogP contribution in [0, 0.1) is 11.8 Å². The largest absolute Gasteiger partial charge is 0.353 e. The zero-order chi connectivity index (χ0) is 18.9. The normalized spacial score (nSPS) is 11.2. The Bertz CT molecular complexity index is 1130. The smallest absolute Gasteiger partial charge is 0.0624 e. The highest BCUT2D eigenvalue weighted by molar-refractivity contribution is 5.94. The third kappa shape index (κ3) is 3.52. The van der Waals surface area contributed by atoms with Gasteiger partial charge in [-0.2, -0.15) is 0 Å². The minimum atomic E-state index is 0.156. The van der Waals surface area contributed by atoms with Crippen LogP contribution in [0.3, 0.4) is 0 Å². The van der Waals surface area contributed by atoms with Gasteiger partial charge in [0.2, 0.25) is 0 Å². The van der Waals surface area contributed by atoms with E-state index in [0.717, 1.165) is 33.3 Å². The number of rotatable bonds is 1. The molecular formula is C26H23N. The van der Waals surface area contributed by atoms with Crippen molar-refractivity contribution < 1.29 is 0 Å². The topological polar surface area (TPSA) is 15.8 Å². The van der Waals surface area contributed by atoms with Gasteiger partial charge in [0, 0.05) is 16.5 Å². The molecule has 4 aromatic rings. The molecule has 1 heterocycles. The summed E-state index contributed by atoms with van der Waals surface area (Å²) in [6.07, 6.45) is 0. The molecule has 0 aliphatic carbocycles. The van der Waals surface area contributed by atoms with Crippen LogP contribution in [0.2, 0.25) is 0 Å². The van der Waals surface area contributed by atoms with Crippen LogP contribution in [-0.2, 0) is 5.41 Å². The number of hydrogen-bond donors (Lipinski definition) is 1. The Kier molecular flexibility index (Phi) is 4.34. The Morgan fingerprint density at radius 2 is 1.37 bits per heavy atom. The standard InChI is InChI=1S/C26H23N/c1-26(2,3)21-16-13-19(14-17-21)15-18-23-22-11-7-8-12-24(22)27-25(23)20-9-5-4-6-10-20/h4-14,16-17,27H,1-3H3. The first-order valence-corrected chi connectivity index (χ1v) is 9.31. The van der Waals surface area contributed by atoms with Gasteiger partial charge in [0.25, 0.3) is 0 Å². The fourth-order valence-corrected chi connectivity index (χ4v) is 3.28. The van der Waals surface area contributed by atoms with Crippen LogP contribution in [0.5, 0.6) is 0 Å². The number of H-pyrrole nitrogens is 1. The zero-order valence-electron chi connectivity index (χ0n) is 16.0. The monoisotopic (exact) mass is 349 g/mol. The van der Waals surface area contributed by atoms with Gasteiger partial charge in [-0.25, -0.2) is 0 Å². The lowest BCUT2D eigenvalue weighted by atomic mass is 9.87. The highest BCUT2D eigenvalue weighted by Crippen LogP contribution is 2.29. The molecule has 0 unspecified atom stereocenters. The Labute approximate surface area is 161 Å². The summed E-state index contributed by atoms with van der Waals surface area (Å²) in [7, 11) is 0. The van der Waals surface area contributed by atoms with E-state index in [9.17, 15) is 0 Å². The summed E-state index contributed by atoms with van der Waals surface area (Å²) < 4.78 is 0. The first kappa shape index (κ1) is 17.2. The molecule has 0 fully saturated rings.